The molecular weight excluding hydrogens is 273 g/mol. The fourth-order valence-electron chi connectivity index (χ4n) is 2.11. The molecule has 20 heavy (non-hydrogen) atoms. The van der Waals surface area contributed by atoms with Crippen molar-refractivity contribution in [3.8, 4) is 0 Å². The first kappa shape index (κ1) is 17.5. The van der Waals surface area contributed by atoms with Gasteiger partial charge in [0.1, 0.15) is 0 Å². The summed E-state index contributed by atoms with van der Waals surface area (Å²) >= 11 is 0. The number of rotatable bonds is 6. The first-order valence-electron chi connectivity index (χ1n) is 6.92. The molecule has 0 saturated carbocycles. The summed E-state index contributed by atoms with van der Waals surface area (Å²) < 4.78 is 49.2. The van der Waals surface area contributed by atoms with Crippen molar-refractivity contribution < 1.29 is 27.8 Å². The lowest BCUT2D eigenvalue weighted by molar-refractivity contribution is -0.225. The second-order valence-electron chi connectivity index (χ2n) is 5.42. The quantitative estimate of drug-likeness (QED) is 0.763. The maximum atomic E-state index is 12.9. The molecule has 1 saturated heterocycles. The largest absolute Gasteiger partial charge is 0.394 e. The van der Waals surface area contributed by atoms with Crippen molar-refractivity contribution in [3.05, 3.63) is 11.6 Å². The van der Waals surface area contributed by atoms with Gasteiger partial charge in [0.15, 0.2) is 6.29 Å². The predicted molar refractivity (Wildman–Crippen MR) is 69.1 cm³/mol. The Morgan fingerprint density at radius 3 is 2.60 bits per heavy atom. The van der Waals surface area contributed by atoms with Gasteiger partial charge in [0.25, 0.3) is 0 Å². The van der Waals surface area contributed by atoms with Gasteiger partial charge in [-0.1, -0.05) is 11.6 Å². The van der Waals surface area contributed by atoms with E-state index in [2.05, 4.69) is 0 Å². The second kappa shape index (κ2) is 8.00. The second-order valence-corrected chi connectivity index (χ2v) is 5.42. The van der Waals surface area contributed by atoms with Crippen LogP contribution in [0.5, 0.6) is 0 Å². The Morgan fingerprint density at radius 1 is 1.40 bits per heavy atom. The van der Waals surface area contributed by atoms with Gasteiger partial charge >= 0.3 is 6.18 Å². The molecule has 0 spiro atoms. The molecule has 3 unspecified atom stereocenters. The van der Waals surface area contributed by atoms with Gasteiger partial charge in [0.05, 0.1) is 18.6 Å². The molecule has 0 aromatic heterocycles. The fourth-order valence-corrected chi connectivity index (χ4v) is 2.11. The molecule has 0 radical (unpaired) electrons. The van der Waals surface area contributed by atoms with Gasteiger partial charge in [-0.25, -0.2) is 0 Å². The van der Waals surface area contributed by atoms with E-state index < -0.39 is 31.1 Å². The zero-order chi connectivity index (χ0) is 15.2. The van der Waals surface area contributed by atoms with Crippen molar-refractivity contribution >= 4 is 0 Å². The maximum Gasteiger partial charge on any atom is 0.394 e. The minimum atomic E-state index is -4.38. The molecule has 0 aromatic carbocycles. The van der Waals surface area contributed by atoms with Crippen LogP contribution in [-0.4, -0.2) is 36.9 Å². The van der Waals surface area contributed by atoms with Crippen LogP contribution >= 0.6 is 0 Å². The average Bonchev–Trinajstić information content (AvgIpc) is 2.33. The average molecular weight is 296 g/mol. The van der Waals surface area contributed by atoms with E-state index in [-0.39, 0.29) is 6.42 Å². The summed E-state index contributed by atoms with van der Waals surface area (Å²) in [6.45, 7) is 3.53. The van der Waals surface area contributed by atoms with Gasteiger partial charge < -0.3 is 14.6 Å². The van der Waals surface area contributed by atoms with E-state index in [0.29, 0.717) is 13.0 Å². The Bertz CT molecular complexity index is 305. The Labute approximate surface area is 117 Å². The minimum Gasteiger partial charge on any atom is -0.389 e. The topological polar surface area (TPSA) is 38.7 Å². The molecule has 1 fully saturated rings. The standard InChI is InChI=1S/C14H23F3O3/c1-10(2)7-12(18)8-11(14(15,16)17)9-20-13-5-3-4-6-19-13/h7,11-13,18H,3-6,8-9H2,1-2H3. The minimum absolute atomic E-state index is 0.387. The molecule has 1 N–H and O–H groups in total. The SMILES string of the molecule is CC(C)=CC(O)CC(COC1CCCCO1)C(F)(F)F. The van der Waals surface area contributed by atoms with Crippen LogP contribution in [0.4, 0.5) is 13.2 Å². The third-order valence-electron chi connectivity index (χ3n) is 3.14. The van der Waals surface area contributed by atoms with Crippen molar-refractivity contribution in [3.63, 3.8) is 0 Å². The van der Waals surface area contributed by atoms with E-state index in [1.165, 1.54) is 6.08 Å². The van der Waals surface area contributed by atoms with Gasteiger partial charge in [-0.05, 0) is 39.5 Å². The van der Waals surface area contributed by atoms with Crippen LogP contribution in [-0.2, 0) is 9.47 Å². The zero-order valence-electron chi connectivity index (χ0n) is 11.9. The third kappa shape index (κ3) is 6.72. The van der Waals surface area contributed by atoms with Gasteiger partial charge in [-0.3, -0.25) is 0 Å². The molecule has 118 valence electrons. The number of alkyl halides is 3. The highest BCUT2D eigenvalue weighted by atomic mass is 19.4. The smallest absolute Gasteiger partial charge is 0.389 e. The summed E-state index contributed by atoms with van der Waals surface area (Å²) in [7, 11) is 0. The van der Waals surface area contributed by atoms with E-state index in [0.717, 1.165) is 18.4 Å². The molecule has 3 atom stereocenters. The highest BCUT2D eigenvalue weighted by molar-refractivity contribution is 4.98. The number of ether oxygens (including phenoxy) is 2. The number of halogens is 3. The van der Waals surface area contributed by atoms with Crippen molar-refractivity contribution in [2.45, 2.75) is 58.1 Å². The van der Waals surface area contributed by atoms with Gasteiger partial charge in [-0.2, -0.15) is 13.2 Å². The van der Waals surface area contributed by atoms with Crippen LogP contribution in [0.3, 0.4) is 0 Å². The molecule has 6 heteroatoms. The first-order valence-corrected chi connectivity index (χ1v) is 6.92. The van der Waals surface area contributed by atoms with Gasteiger partial charge in [0.2, 0.25) is 0 Å². The lowest BCUT2D eigenvalue weighted by atomic mass is 10.0. The van der Waals surface area contributed by atoms with Crippen LogP contribution in [0, 0.1) is 5.92 Å². The number of aliphatic hydroxyl groups excluding tert-OH is 1. The molecule has 1 heterocycles. The molecule has 1 rings (SSSR count). The summed E-state index contributed by atoms with van der Waals surface area (Å²) in [5, 5.41) is 9.63. The highest BCUT2D eigenvalue weighted by Gasteiger charge is 2.41. The van der Waals surface area contributed by atoms with Crippen molar-refractivity contribution in [2.24, 2.45) is 5.92 Å². The fraction of sp³-hybridized carbons (Fsp3) is 0.857. The number of allylic oxidation sites excluding steroid dienone is 1. The Balaban J connectivity index is 2.49. The summed E-state index contributed by atoms with van der Waals surface area (Å²) in [6, 6.07) is 0. The Hall–Kier alpha value is -0.590. The highest BCUT2D eigenvalue weighted by Crippen LogP contribution is 2.31. The van der Waals surface area contributed by atoms with E-state index in [1.807, 2.05) is 0 Å². The van der Waals surface area contributed by atoms with Crippen LogP contribution in [0.25, 0.3) is 0 Å². The van der Waals surface area contributed by atoms with Gasteiger partial charge in [0, 0.05) is 6.61 Å². The molecule has 3 nitrogen and oxygen atoms in total. The molecule has 0 aliphatic carbocycles. The molecule has 1 aliphatic heterocycles. The van der Waals surface area contributed by atoms with Crippen molar-refractivity contribution in [2.75, 3.05) is 13.2 Å². The van der Waals surface area contributed by atoms with Crippen molar-refractivity contribution in [1.29, 1.82) is 0 Å². The van der Waals surface area contributed by atoms with Crippen LogP contribution in [0.2, 0.25) is 0 Å². The maximum absolute atomic E-state index is 12.9. The molecule has 1 aliphatic rings. The molecule has 0 bridgehead atoms. The van der Waals surface area contributed by atoms with E-state index in [9.17, 15) is 18.3 Å². The number of hydrogen-bond donors (Lipinski definition) is 1. The monoisotopic (exact) mass is 296 g/mol. The summed E-state index contributed by atoms with van der Waals surface area (Å²) in [5.74, 6) is -1.68. The van der Waals surface area contributed by atoms with Crippen LogP contribution in [0.1, 0.15) is 39.5 Å². The molecule has 0 aromatic rings. The summed E-state index contributed by atoms with van der Waals surface area (Å²) in [5.41, 5.74) is 0.787. The molecular formula is C14H23F3O3. The molecule has 0 amide bonds. The van der Waals surface area contributed by atoms with Gasteiger partial charge in [-0.15, -0.1) is 0 Å². The van der Waals surface area contributed by atoms with Crippen LogP contribution < -0.4 is 0 Å². The normalized spacial score (nSPS) is 23.2. The van der Waals surface area contributed by atoms with E-state index in [4.69, 9.17) is 9.47 Å². The number of aliphatic hydroxyl groups is 1. The Kier molecular flexibility index (Phi) is 6.99. The lowest BCUT2D eigenvalue weighted by Crippen LogP contribution is -2.33. The van der Waals surface area contributed by atoms with Crippen LogP contribution in [0.15, 0.2) is 11.6 Å². The predicted octanol–water partition coefficient (Wildman–Crippen LogP) is 3.43. The Morgan fingerprint density at radius 2 is 2.10 bits per heavy atom. The zero-order valence-corrected chi connectivity index (χ0v) is 11.9. The van der Waals surface area contributed by atoms with Crippen molar-refractivity contribution in [1.82, 2.24) is 0 Å². The van der Waals surface area contributed by atoms with E-state index >= 15 is 0 Å². The summed E-state index contributed by atoms with van der Waals surface area (Å²) in [4.78, 5) is 0. The number of hydrogen-bond acceptors (Lipinski definition) is 3. The van der Waals surface area contributed by atoms with E-state index in [1.54, 1.807) is 13.8 Å². The lowest BCUT2D eigenvalue weighted by Gasteiger charge is -2.27. The third-order valence-corrected chi connectivity index (χ3v) is 3.14. The summed E-state index contributed by atoms with van der Waals surface area (Å²) in [6.07, 6.45) is -2.55. The first-order chi connectivity index (χ1) is 9.29.